The van der Waals surface area contributed by atoms with Gasteiger partial charge in [0.15, 0.2) is 5.76 Å². The Kier molecular flexibility index (Phi) is 5.74. The lowest BCUT2D eigenvalue weighted by Gasteiger charge is -2.22. The summed E-state index contributed by atoms with van der Waals surface area (Å²) in [5.41, 5.74) is 5.53. The topological polar surface area (TPSA) is 96.6 Å². The number of furan rings is 1. The first-order valence-electron chi connectivity index (χ1n) is 10.3. The molecule has 2 aliphatic rings. The van der Waals surface area contributed by atoms with Crippen molar-refractivity contribution in [3.63, 3.8) is 0 Å². The molecule has 0 saturated heterocycles. The molecule has 2 aromatic heterocycles. The van der Waals surface area contributed by atoms with Gasteiger partial charge in [0.25, 0.3) is 11.8 Å². The molecule has 1 fully saturated rings. The van der Waals surface area contributed by atoms with Crippen LogP contribution in [0.25, 0.3) is 0 Å². The van der Waals surface area contributed by atoms with Gasteiger partial charge in [0.2, 0.25) is 0 Å². The number of aromatic nitrogens is 1. The van der Waals surface area contributed by atoms with Gasteiger partial charge in [-0.15, -0.1) is 0 Å². The molecule has 29 heavy (non-hydrogen) atoms. The quantitative estimate of drug-likeness (QED) is 0.776. The van der Waals surface area contributed by atoms with Gasteiger partial charge >= 0.3 is 0 Å². The van der Waals surface area contributed by atoms with E-state index in [0.717, 1.165) is 67.5 Å². The van der Waals surface area contributed by atoms with Gasteiger partial charge in [0.1, 0.15) is 5.76 Å². The smallest absolute Gasteiger partial charge is 0.287 e. The fraction of sp³-hybridized carbons (Fsp3) is 0.455. The third kappa shape index (κ3) is 4.23. The SMILES string of the molecule is Cc1c(C(=O)NC2CCCCC2)oc2c1/C(=N/NC(=O)c1ccncc1)CCC2. The van der Waals surface area contributed by atoms with Crippen LogP contribution in [0.5, 0.6) is 0 Å². The maximum atomic E-state index is 12.8. The number of hydrazone groups is 1. The number of nitrogens with zero attached hydrogens (tertiary/aromatic N) is 2. The minimum absolute atomic E-state index is 0.149. The largest absolute Gasteiger partial charge is 0.455 e. The van der Waals surface area contributed by atoms with Crippen molar-refractivity contribution in [2.75, 3.05) is 0 Å². The van der Waals surface area contributed by atoms with Crippen molar-refractivity contribution in [2.24, 2.45) is 5.10 Å². The Morgan fingerprint density at radius 2 is 1.83 bits per heavy atom. The van der Waals surface area contributed by atoms with Crippen molar-refractivity contribution in [3.05, 3.63) is 52.7 Å². The first kappa shape index (κ1) is 19.4. The molecule has 2 heterocycles. The number of amides is 2. The summed E-state index contributed by atoms with van der Waals surface area (Å²) in [4.78, 5) is 29.0. The van der Waals surface area contributed by atoms with Crippen molar-refractivity contribution in [2.45, 2.75) is 64.3 Å². The molecule has 0 spiro atoms. The zero-order valence-corrected chi connectivity index (χ0v) is 16.7. The number of hydrogen-bond acceptors (Lipinski definition) is 5. The van der Waals surface area contributed by atoms with E-state index in [1.165, 1.54) is 6.42 Å². The van der Waals surface area contributed by atoms with Crippen LogP contribution in [-0.4, -0.2) is 28.6 Å². The molecule has 1 saturated carbocycles. The molecule has 0 atom stereocenters. The molecule has 0 unspecified atom stereocenters. The van der Waals surface area contributed by atoms with Crippen LogP contribution in [0.3, 0.4) is 0 Å². The highest BCUT2D eigenvalue weighted by Crippen LogP contribution is 2.30. The normalized spacial score (nSPS) is 18.3. The average molecular weight is 394 g/mol. The van der Waals surface area contributed by atoms with Gasteiger partial charge < -0.3 is 9.73 Å². The van der Waals surface area contributed by atoms with Crippen molar-refractivity contribution in [3.8, 4) is 0 Å². The maximum absolute atomic E-state index is 12.8. The second-order valence-corrected chi connectivity index (χ2v) is 7.75. The van der Waals surface area contributed by atoms with E-state index in [1.54, 1.807) is 24.5 Å². The predicted octanol–water partition coefficient (Wildman–Crippen LogP) is 3.52. The summed E-state index contributed by atoms with van der Waals surface area (Å²) >= 11 is 0. The van der Waals surface area contributed by atoms with Gasteiger partial charge in [-0.3, -0.25) is 14.6 Å². The molecule has 2 N–H and O–H groups in total. The zero-order valence-electron chi connectivity index (χ0n) is 16.7. The van der Waals surface area contributed by atoms with Crippen LogP contribution < -0.4 is 10.7 Å². The van der Waals surface area contributed by atoms with Crippen molar-refractivity contribution >= 4 is 17.5 Å². The van der Waals surface area contributed by atoms with E-state index in [9.17, 15) is 9.59 Å². The Morgan fingerprint density at radius 3 is 2.59 bits per heavy atom. The number of hydrogen-bond donors (Lipinski definition) is 2. The van der Waals surface area contributed by atoms with Crippen LogP contribution in [-0.2, 0) is 6.42 Å². The van der Waals surface area contributed by atoms with Gasteiger partial charge in [-0.25, -0.2) is 5.43 Å². The lowest BCUT2D eigenvalue weighted by atomic mass is 9.93. The number of carbonyl (C=O) groups excluding carboxylic acids is 2. The van der Waals surface area contributed by atoms with Crippen LogP contribution in [0.1, 0.15) is 82.7 Å². The highest BCUT2D eigenvalue weighted by molar-refractivity contribution is 6.07. The highest BCUT2D eigenvalue weighted by Gasteiger charge is 2.29. The number of rotatable bonds is 4. The first-order valence-corrected chi connectivity index (χ1v) is 10.3. The van der Waals surface area contributed by atoms with E-state index in [4.69, 9.17) is 4.42 Å². The lowest BCUT2D eigenvalue weighted by Crippen LogP contribution is -2.36. The average Bonchev–Trinajstić information content (AvgIpc) is 3.10. The van der Waals surface area contributed by atoms with E-state index in [-0.39, 0.29) is 17.9 Å². The number of pyridine rings is 1. The summed E-state index contributed by atoms with van der Waals surface area (Å²) in [7, 11) is 0. The van der Waals surface area contributed by atoms with Crippen LogP contribution in [0.4, 0.5) is 0 Å². The molecule has 2 aliphatic carbocycles. The van der Waals surface area contributed by atoms with E-state index < -0.39 is 0 Å². The molecule has 0 aliphatic heterocycles. The summed E-state index contributed by atoms with van der Waals surface area (Å²) in [6.07, 6.45) is 11.1. The van der Waals surface area contributed by atoms with E-state index in [2.05, 4.69) is 20.8 Å². The fourth-order valence-electron chi connectivity index (χ4n) is 4.18. The summed E-state index contributed by atoms with van der Waals surface area (Å²) in [5.74, 6) is 0.711. The monoisotopic (exact) mass is 394 g/mol. The van der Waals surface area contributed by atoms with Gasteiger partial charge in [0.05, 0.1) is 5.71 Å². The fourth-order valence-corrected chi connectivity index (χ4v) is 4.18. The van der Waals surface area contributed by atoms with Crippen molar-refractivity contribution < 1.29 is 14.0 Å². The Morgan fingerprint density at radius 1 is 1.07 bits per heavy atom. The van der Waals surface area contributed by atoms with Crippen LogP contribution in [0, 0.1) is 6.92 Å². The molecular weight excluding hydrogens is 368 g/mol. The van der Waals surface area contributed by atoms with Gasteiger partial charge in [-0.1, -0.05) is 19.3 Å². The maximum Gasteiger partial charge on any atom is 0.287 e. The molecule has 7 heteroatoms. The standard InChI is InChI=1S/C22H26N4O3/c1-14-19-17(25-26-21(27)15-10-12-23-13-11-15)8-5-9-18(19)29-20(14)22(28)24-16-6-3-2-4-7-16/h10-13,16H,2-9H2,1H3,(H,24,28)(H,26,27)/b25-17+. The summed E-state index contributed by atoms with van der Waals surface area (Å²) in [6.45, 7) is 1.89. The molecule has 0 radical (unpaired) electrons. The Hall–Kier alpha value is -2.96. The van der Waals surface area contributed by atoms with E-state index >= 15 is 0 Å². The van der Waals surface area contributed by atoms with Crippen LogP contribution in [0.2, 0.25) is 0 Å². The van der Waals surface area contributed by atoms with Gasteiger partial charge in [-0.05, 0) is 44.7 Å². The Labute approximate surface area is 170 Å². The molecule has 0 aromatic carbocycles. The number of nitrogens with one attached hydrogen (secondary N) is 2. The molecule has 4 rings (SSSR count). The first-order chi connectivity index (χ1) is 14.1. The predicted molar refractivity (Wildman–Crippen MR) is 109 cm³/mol. The second kappa shape index (κ2) is 8.59. The lowest BCUT2D eigenvalue weighted by molar-refractivity contribution is 0.0896. The highest BCUT2D eigenvalue weighted by atomic mass is 16.4. The van der Waals surface area contributed by atoms with Crippen LogP contribution in [0.15, 0.2) is 34.0 Å². The van der Waals surface area contributed by atoms with Crippen molar-refractivity contribution in [1.29, 1.82) is 0 Å². The number of fused-ring (bicyclic) bond motifs is 1. The Bertz CT molecular complexity index is 927. The summed E-state index contributed by atoms with van der Waals surface area (Å²) in [6, 6.07) is 3.50. The summed E-state index contributed by atoms with van der Waals surface area (Å²) < 4.78 is 5.95. The molecule has 7 nitrogen and oxygen atoms in total. The van der Waals surface area contributed by atoms with Crippen LogP contribution >= 0.6 is 0 Å². The molecule has 0 bridgehead atoms. The van der Waals surface area contributed by atoms with E-state index in [0.29, 0.717) is 11.3 Å². The molecule has 152 valence electrons. The third-order valence-corrected chi connectivity index (χ3v) is 5.71. The minimum Gasteiger partial charge on any atom is -0.455 e. The summed E-state index contributed by atoms with van der Waals surface area (Å²) in [5, 5.41) is 7.48. The number of carbonyl (C=O) groups is 2. The van der Waals surface area contributed by atoms with E-state index in [1.807, 2.05) is 6.92 Å². The zero-order chi connectivity index (χ0) is 20.2. The second-order valence-electron chi connectivity index (χ2n) is 7.75. The van der Waals surface area contributed by atoms with Gasteiger partial charge in [0, 0.05) is 41.5 Å². The number of aryl methyl sites for hydroxylation is 1. The molecular formula is C22H26N4O3. The van der Waals surface area contributed by atoms with Crippen molar-refractivity contribution in [1.82, 2.24) is 15.7 Å². The Balaban J connectivity index is 1.52. The minimum atomic E-state index is -0.288. The van der Waals surface area contributed by atoms with Gasteiger partial charge in [-0.2, -0.15) is 5.10 Å². The third-order valence-electron chi connectivity index (χ3n) is 5.71. The molecule has 2 aromatic rings. The molecule has 2 amide bonds.